The molecular weight excluding hydrogens is 310 g/mol. The molecule has 0 bridgehead atoms. The number of rotatable bonds is 7. The zero-order valence-electron chi connectivity index (χ0n) is 15.2. The van der Waals surface area contributed by atoms with Gasteiger partial charge in [-0.05, 0) is 69.1 Å². The first kappa shape index (κ1) is 17.9. The first-order valence-corrected chi connectivity index (χ1v) is 9.41. The van der Waals surface area contributed by atoms with Crippen LogP contribution < -0.4 is 10.1 Å². The van der Waals surface area contributed by atoms with Gasteiger partial charge in [-0.15, -0.1) is 0 Å². The SMILES string of the molecule is CCOc1ccc(CN(Cc2ccccn2)[C@H]2CCCNCC2)cc1. The van der Waals surface area contributed by atoms with Gasteiger partial charge in [0.2, 0.25) is 0 Å². The van der Waals surface area contributed by atoms with E-state index in [2.05, 4.69) is 51.6 Å². The van der Waals surface area contributed by atoms with E-state index in [0.29, 0.717) is 12.6 Å². The molecule has 2 aromatic rings. The fraction of sp³-hybridized carbons (Fsp3) is 0.476. The summed E-state index contributed by atoms with van der Waals surface area (Å²) in [6, 6.07) is 15.3. The summed E-state index contributed by atoms with van der Waals surface area (Å²) in [4.78, 5) is 7.13. The van der Waals surface area contributed by atoms with Gasteiger partial charge in [-0.3, -0.25) is 9.88 Å². The molecule has 0 amide bonds. The van der Waals surface area contributed by atoms with Crippen LogP contribution in [0.25, 0.3) is 0 Å². The molecule has 0 spiro atoms. The van der Waals surface area contributed by atoms with Crippen LogP contribution in [0.5, 0.6) is 5.75 Å². The third-order valence-electron chi connectivity index (χ3n) is 4.77. The van der Waals surface area contributed by atoms with Gasteiger partial charge < -0.3 is 10.1 Å². The summed E-state index contributed by atoms with van der Waals surface area (Å²) in [7, 11) is 0. The summed E-state index contributed by atoms with van der Waals surface area (Å²) in [6.07, 6.45) is 5.58. The van der Waals surface area contributed by atoms with Crippen molar-refractivity contribution in [2.24, 2.45) is 0 Å². The van der Waals surface area contributed by atoms with Crippen LogP contribution in [0.1, 0.15) is 37.4 Å². The summed E-state index contributed by atoms with van der Waals surface area (Å²) in [5.41, 5.74) is 2.47. The monoisotopic (exact) mass is 339 g/mol. The minimum absolute atomic E-state index is 0.601. The van der Waals surface area contributed by atoms with E-state index in [1.54, 1.807) is 0 Å². The fourth-order valence-corrected chi connectivity index (χ4v) is 3.47. The van der Waals surface area contributed by atoms with Gasteiger partial charge in [-0.2, -0.15) is 0 Å². The number of ether oxygens (including phenoxy) is 1. The van der Waals surface area contributed by atoms with Crippen molar-refractivity contribution >= 4 is 0 Å². The van der Waals surface area contributed by atoms with Crippen LogP contribution in [0.3, 0.4) is 0 Å². The molecule has 1 aromatic heterocycles. The van der Waals surface area contributed by atoms with Crippen LogP contribution in [0.2, 0.25) is 0 Å². The number of pyridine rings is 1. The maximum absolute atomic E-state index is 5.56. The highest BCUT2D eigenvalue weighted by Gasteiger charge is 2.21. The third-order valence-corrected chi connectivity index (χ3v) is 4.77. The van der Waals surface area contributed by atoms with Gasteiger partial charge in [0.1, 0.15) is 5.75 Å². The molecule has 0 saturated carbocycles. The van der Waals surface area contributed by atoms with Crippen LogP contribution >= 0.6 is 0 Å². The number of nitrogens with one attached hydrogen (secondary N) is 1. The molecular formula is C21H29N3O. The molecule has 1 atom stereocenters. The molecule has 1 aliphatic heterocycles. The van der Waals surface area contributed by atoms with Gasteiger partial charge >= 0.3 is 0 Å². The Morgan fingerprint density at radius 1 is 1.08 bits per heavy atom. The lowest BCUT2D eigenvalue weighted by atomic mass is 10.1. The molecule has 4 nitrogen and oxygen atoms in total. The van der Waals surface area contributed by atoms with Crippen molar-refractivity contribution in [2.45, 2.75) is 45.3 Å². The normalized spacial score (nSPS) is 18.1. The fourth-order valence-electron chi connectivity index (χ4n) is 3.47. The second-order valence-electron chi connectivity index (χ2n) is 6.64. The minimum atomic E-state index is 0.601. The number of aromatic nitrogens is 1. The molecule has 0 unspecified atom stereocenters. The van der Waals surface area contributed by atoms with Crippen LogP contribution in [0, 0.1) is 0 Å². The molecule has 1 N–H and O–H groups in total. The van der Waals surface area contributed by atoms with Crippen molar-refractivity contribution in [3.8, 4) is 5.75 Å². The number of hydrogen-bond acceptors (Lipinski definition) is 4. The molecule has 4 heteroatoms. The largest absolute Gasteiger partial charge is 0.494 e. The summed E-state index contributed by atoms with van der Waals surface area (Å²) in [5.74, 6) is 0.946. The molecule has 1 saturated heterocycles. The van der Waals surface area contributed by atoms with E-state index in [-0.39, 0.29) is 0 Å². The average Bonchev–Trinajstić information content (AvgIpc) is 2.93. The Morgan fingerprint density at radius 2 is 1.96 bits per heavy atom. The van der Waals surface area contributed by atoms with Gasteiger partial charge in [-0.1, -0.05) is 18.2 Å². The lowest BCUT2D eigenvalue weighted by Crippen LogP contribution is -2.35. The molecule has 0 aliphatic carbocycles. The Hall–Kier alpha value is -1.91. The van der Waals surface area contributed by atoms with Crippen molar-refractivity contribution < 1.29 is 4.74 Å². The maximum atomic E-state index is 5.56. The average molecular weight is 339 g/mol. The predicted octanol–water partition coefficient (Wildman–Crippen LogP) is 3.62. The minimum Gasteiger partial charge on any atom is -0.494 e. The molecule has 2 heterocycles. The van der Waals surface area contributed by atoms with E-state index in [1.165, 1.54) is 24.8 Å². The quantitative estimate of drug-likeness (QED) is 0.836. The van der Waals surface area contributed by atoms with Crippen molar-refractivity contribution in [1.82, 2.24) is 15.2 Å². The van der Waals surface area contributed by atoms with Gasteiger partial charge in [0.25, 0.3) is 0 Å². The first-order chi connectivity index (χ1) is 12.3. The summed E-state index contributed by atoms with van der Waals surface area (Å²) in [5, 5.41) is 3.52. The van der Waals surface area contributed by atoms with Gasteiger partial charge in [0.05, 0.1) is 12.3 Å². The van der Waals surface area contributed by atoms with E-state index in [4.69, 9.17) is 4.74 Å². The number of benzene rings is 1. The highest BCUT2D eigenvalue weighted by atomic mass is 16.5. The zero-order valence-corrected chi connectivity index (χ0v) is 15.2. The molecule has 134 valence electrons. The Bertz CT molecular complexity index is 607. The molecule has 1 aromatic carbocycles. The highest BCUT2D eigenvalue weighted by molar-refractivity contribution is 5.27. The molecule has 0 radical (unpaired) electrons. The Kier molecular flexibility index (Phi) is 6.83. The molecule has 1 aliphatic rings. The van der Waals surface area contributed by atoms with Crippen LogP contribution in [0.15, 0.2) is 48.7 Å². The first-order valence-electron chi connectivity index (χ1n) is 9.41. The Balaban J connectivity index is 1.72. The Morgan fingerprint density at radius 3 is 2.72 bits per heavy atom. The topological polar surface area (TPSA) is 37.4 Å². The van der Waals surface area contributed by atoms with E-state index in [9.17, 15) is 0 Å². The Labute approximate surface area is 151 Å². The second kappa shape index (κ2) is 9.54. The standard InChI is InChI=1S/C21H29N3O/c1-2-25-21-10-8-18(9-11-21)16-24(17-19-6-3-4-14-23-19)20-7-5-13-22-15-12-20/h3-4,6,8-11,14,20,22H,2,5,7,12-13,15-17H2,1H3/t20-/m0/s1. The van der Waals surface area contributed by atoms with E-state index >= 15 is 0 Å². The van der Waals surface area contributed by atoms with Crippen molar-refractivity contribution in [1.29, 1.82) is 0 Å². The van der Waals surface area contributed by atoms with Crippen molar-refractivity contribution in [3.05, 3.63) is 59.9 Å². The van der Waals surface area contributed by atoms with Crippen LogP contribution in [-0.4, -0.2) is 35.6 Å². The summed E-state index contributed by atoms with van der Waals surface area (Å²) in [6.45, 7) is 6.82. The number of hydrogen-bond donors (Lipinski definition) is 1. The molecule has 25 heavy (non-hydrogen) atoms. The zero-order chi connectivity index (χ0) is 17.3. The van der Waals surface area contributed by atoms with Crippen molar-refractivity contribution in [3.63, 3.8) is 0 Å². The van der Waals surface area contributed by atoms with Crippen molar-refractivity contribution in [2.75, 3.05) is 19.7 Å². The predicted molar refractivity (Wildman–Crippen MR) is 102 cm³/mol. The van der Waals surface area contributed by atoms with E-state index in [0.717, 1.165) is 37.6 Å². The van der Waals surface area contributed by atoms with Gasteiger partial charge in [-0.25, -0.2) is 0 Å². The number of nitrogens with zero attached hydrogens (tertiary/aromatic N) is 2. The van der Waals surface area contributed by atoms with Gasteiger partial charge in [0.15, 0.2) is 0 Å². The lowest BCUT2D eigenvalue weighted by Gasteiger charge is -2.31. The second-order valence-corrected chi connectivity index (χ2v) is 6.64. The van der Waals surface area contributed by atoms with E-state index < -0.39 is 0 Å². The molecule has 1 fully saturated rings. The summed E-state index contributed by atoms with van der Waals surface area (Å²) < 4.78 is 5.56. The third kappa shape index (κ3) is 5.55. The molecule has 3 rings (SSSR count). The smallest absolute Gasteiger partial charge is 0.119 e. The van der Waals surface area contributed by atoms with Gasteiger partial charge in [0, 0.05) is 25.3 Å². The van der Waals surface area contributed by atoms with Crippen LogP contribution in [-0.2, 0) is 13.1 Å². The van der Waals surface area contributed by atoms with Crippen LogP contribution in [0.4, 0.5) is 0 Å². The maximum Gasteiger partial charge on any atom is 0.119 e. The van der Waals surface area contributed by atoms with E-state index in [1.807, 2.05) is 19.2 Å². The lowest BCUT2D eigenvalue weighted by molar-refractivity contribution is 0.162. The highest BCUT2D eigenvalue weighted by Crippen LogP contribution is 2.20. The summed E-state index contributed by atoms with van der Waals surface area (Å²) >= 11 is 0.